The molecule has 3 heterocycles. The van der Waals surface area contributed by atoms with Gasteiger partial charge in [0.05, 0.1) is 12.6 Å². The van der Waals surface area contributed by atoms with E-state index in [0.717, 1.165) is 37.2 Å². The number of hydrogen-bond acceptors (Lipinski definition) is 4. The number of carbonyl (C=O) groups is 1. The molecular weight excluding hydrogens is 314 g/mol. The van der Waals surface area contributed by atoms with E-state index in [1.54, 1.807) is 12.4 Å². The van der Waals surface area contributed by atoms with E-state index in [4.69, 9.17) is 4.98 Å². The van der Waals surface area contributed by atoms with Crippen LogP contribution in [0, 0.1) is 11.8 Å². The Labute approximate surface area is 148 Å². The van der Waals surface area contributed by atoms with Gasteiger partial charge in [0, 0.05) is 30.4 Å². The molecule has 6 heteroatoms. The lowest BCUT2D eigenvalue weighted by molar-refractivity contribution is -0.143. The largest absolute Gasteiger partial charge is 0.330 e. The molecule has 132 valence electrons. The molecule has 0 N–H and O–H groups in total. The number of pyridine rings is 1. The topological polar surface area (TPSA) is 63.9 Å². The lowest BCUT2D eigenvalue weighted by Gasteiger charge is -2.41. The highest BCUT2D eigenvalue weighted by atomic mass is 16.2. The predicted molar refractivity (Wildman–Crippen MR) is 94.5 cm³/mol. The summed E-state index contributed by atoms with van der Waals surface area (Å²) in [5, 5.41) is 4.69. The molecule has 1 aliphatic heterocycles. The predicted octanol–water partition coefficient (Wildman–Crippen LogP) is 3.07. The Balaban J connectivity index is 1.70. The molecule has 0 spiro atoms. The lowest BCUT2D eigenvalue weighted by Crippen LogP contribution is -2.48. The zero-order valence-electron chi connectivity index (χ0n) is 14.9. The molecule has 0 saturated heterocycles. The molecule has 0 unspecified atom stereocenters. The van der Waals surface area contributed by atoms with Crippen molar-refractivity contribution in [1.29, 1.82) is 0 Å². The summed E-state index contributed by atoms with van der Waals surface area (Å²) in [4.78, 5) is 24.0. The molecule has 1 aliphatic carbocycles. The molecule has 25 heavy (non-hydrogen) atoms. The van der Waals surface area contributed by atoms with Crippen LogP contribution in [0.2, 0.25) is 0 Å². The average Bonchev–Trinajstić information content (AvgIpc) is 3.03. The van der Waals surface area contributed by atoms with Gasteiger partial charge in [0.15, 0.2) is 11.6 Å². The van der Waals surface area contributed by atoms with Crippen molar-refractivity contribution >= 4 is 5.91 Å². The molecule has 2 aliphatic rings. The van der Waals surface area contributed by atoms with Crippen molar-refractivity contribution in [2.45, 2.75) is 52.1 Å². The Morgan fingerprint density at radius 1 is 1.36 bits per heavy atom. The Hall–Kier alpha value is -2.24. The molecule has 4 rings (SSSR count). The van der Waals surface area contributed by atoms with Crippen LogP contribution >= 0.6 is 0 Å². The van der Waals surface area contributed by atoms with Crippen molar-refractivity contribution < 1.29 is 4.79 Å². The number of rotatable bonds is 4. The van der Waals surface area contributed by atoms with Gasteiger partial charge < -0.3 is 4.90 Å². The van der Waals surface area contributed by atoms with Crippen molar-refractivity contribution in [3.05, 3.63) is 30.4 Å². The number of aromatic nitrogens is 4. The van der Waals surface area contributed by atoms with Gasteiger partial charge in [0.2, 0.25) is 5.91 Å². The zero-order valence-corrected chi connectivity index (χ0v) is 14.9. The van der Waals surface area contributed by atoms with E-state index in [2.05, 4.69) is 28.8 Å². The van der Waals surface area contributed by atoms with Gasteiger partial charge in [0.1, 0.15) is 0 Å². The fourth-order valence-corrected chi connectivity index (χ4v) is 3.76. The Bertz CT molecular complexity index is 752. The molecule has 2 aromatic heterocycles. The molecule has 0 bridgehead atoms. The summed E-state index contributed by atoms with van der Waals surface area (Å²) >= 11 is 0. The van der Waals surface area contributed by atoms with Crippen LogP contribution in [0.5, 0.6) is 0 Å². The third kappa shape index (κ3) is 2.83. The van der Waals surface area contributed by atoms with Gasteiger partial charge >= 0.3 is 0 Å². The van der Waals surface area contributed by atoms with Crippen LogP contribution in [0.1, 0.15) is 51.4 Å². The second-order valence-corrected chi connectivity index (χ2v) is 7.25. The fraction of sp³-hybridized carbons (Fsp3) is 0.579. The van der Waals surface area contributed by atoms with Crippen LogP contribution in [0.3, 0.4) is 0 Å². The normalized spacial score (nSPS) is 21.5. The number of fused-ring (bicyclic) bond motifs is 1. The van der Waals surface area contributed by atoms with Gasteiger partial charge in [-0.1, -0.05) is 26.7 Å². The number of nitrogens with zero attached hydrogens (tertiary/aromatic N) is 5. The van der Waals surface area contributed by atoms with E-state index in [-0.39, 0.29) is 12.0 Å². The van der Waals surface area contributed by atoms with Crippen LogP contribution in [-0.2, 0) is 11.3 Å². The average molecular weight is 339 g/mol. The van der Waals surface area contributed by atoms with Crippen molar-refractivity contribution in [3.63, 3.8) is 0 Å². The molecule has 2 atom stereocenters. The first-order valence-corrected chi connectivity index (χ1v) is 9.34. The number of amides is 1. The van der Waals surface area contributed by atoms with Gasteiger partial charge in [-0.3, -0.25) is 9.78 Å². The summed E-state index contributed by atoms with van der Waals surface area (Å²) in [5.74, 6) is 2.52. The monoisotopic (exact) mass is 339 g/mol. The first-order valence-electron chi connectivity index (χ1n) is 9.34. The first-order chi connectivity index (χ1) is 12.2. The van der Waals surface area contributed by atoms with E-state index >= 15 is 0 Å². The van der Waals surface area contributed by atoms with Crippen molar-refractivity contribution in [3.8, 4) is 11.4 Å². The van der Waals surface area contributed by atoms with E-state index in [9.17, 15) is 4.79 Å². The zero-order chi connectivity index (χ0) is 17.4. The second kappa shape index (κ2) is 6.58. The van der Waals surface area contributed by atoms with Crippen molar-refractivity contribution in [2.75, 3.05) is 6.54 Å². The molecule has 0 aromatic carbocycles. The Morgan fingerprint density at radius 3 is 2.84 bits per heavy atom. The minimum Gasteiger partial charge on any atom is -0.330 e. The second-order valence-electron chi connectivity index (χ2n) is 7.25. The quantitative estimate of drug-likeness (QED) is 0.859. The summed E-state index contributed by atoms with van der Waals surface area (Å²) < 4.78 is 1.99. The highest BCUT2D eigenvalue weighted by Gasteiger charge is 2.40. The maximum Gasteiger partial charge on any atom is 0.226 e. The summed E-state index contributed by atoms with van der Waals surface area (Å²) in [5.41, 5.74) is 0.921. The van der Waals surface area contributed by atoms with Gasteiger partial charge in [-0.2, -0.15) is 5.10 Å². The van der Waals surface area contributed by atoms with Crippen LogP contribution < -0.4 is 0 Å². The highest BCUT2D eigenvalue weighted by molar-refractivity contribution is 5.80. The molecule has 1 fully saturated rings. The summed E-state index contributed by atoms with van der Waals surface area (Å²) in [6.07, 6.45) is 7.80. The van der Waals surface area contributed by atoms with E-state index in [0.29, 0.717) is 24.2 Å². The van der Waals surface area contributed by atoms with Gasteiger partial charge in [-0.15, -0.1) is 0 Å². The first kappa shape index (κ1) is 16.2. The van der Waals surface area contributed by atoms with Crippen molar-refractivity contribution in [1.82, 2.24) is 24.6 Å². The van der Waals surface area contributed by atoms with E-state index < -0.39 is 0 Å². The smallest absolute Gasteiger partial charge is 0.226 e. The van der Waals surface area contributed by atoms with Crippen LogP contribution in [0.25, 0.3) is 11.4 Å². The molecule has 0 radical (unpaired) electrons. The molecule has 1 amide bonds. The maximum atomic E-state index is 13.0. The van der Waals surface area contributed by atoms with E-state index in [1.807, 2.05) is 16.8 Å². The minimum absolute atomic E-state index is 0.0183. The Kier molecular flexibility index (Phi) is 4.27. The van der Waals surface area contributed by atoms with Crippen molar-refractivity contribution in [2.24, 2.45) is 11.8 Å². The third-order valence-electron chi connectivity index (χ3n) is 5.69. The molecule has 1 saturated carbocycles. The lowest BCUT2D eigenvalue weighted by atomic mass is 9.83. The Morgan fingerprint density at radius 2 is 2.20 bits per heavy atom. The van der Waals surface area contributed by atoms with Gasteiger partial charge in [-0.25, -0.2) is 9.67 Å². The molecule has 6 nitrogen and oxygen atoms in total. The standard InChI is InChI=1S/C19H25N5O/c1-3-13(2)16-18-21-17(15-8-5-9-20-12-15)22-24(18)11-10-23(16)19(25)14-6-4-7-14/h5,8-9,12-14,16H,3-4,6-7,10-11H2,1-2H3/t13-,16-/m0/s1. The highest BCUT2D eigenvalue weighted by Crippen LogP contribution is 2.37. The fourth-order valence-electron chi connectivity index (χ4n) is 3.76. The summed E-state index contributed by atoms with van der Waals surface area (Å²) in [6.45, 7) is 5.83. The number of carbonyl (C=O) groups excluding carboxylic acids is 1. The van der Waals surface area contributed by atoms with Crippen LogP contribution in [-0.4, -0.2) is 37.1 Å². The summed E-state index contributed by atoms with van der Waals surface area (Å²) in [6, 6.07) is 3.89. The summed E-state index contributed by atoms with van der Waals surface area (Å²) in [7, 11) is 0. The minimum atomic E-state index is 0.0183. The molecule has 2 aromatic rings. The van der Waals surface area contributed by atoms with Crippen LogP contribution in [0.4, 0.5) is 0 Å². The SMILES string of the molecule is CC[C@H](C)[C@H]1c2nc(-c3cccnc3)nn2CCN1C(=O)C1CCC1. The number of hydrogen-bond donors (Lipinski definition) is 0. The van der Waals surface area contributed by atoms with E-state index in [1.165, 1.54) is 6.42 Å². The maximum absolute atomic E-state index is 13.0. The third-order valence-corrected chi connectivity index (χ3v) is 5.69. The molecular formula is C19H25N5O. The van der Waals surface area contributed by atoms with Crippen LogP contribution in [0.15, 0.2) is 24.5 Å². The van der Waals surface area contributed by atoms with Gasteiger partial charge in [0.25, 0.3) is 0 Å². The van der Waals surface area contributed by atoms with Gasteiger partial charge in [-0.05, 0) is 30.9 Å².